The van der Waals surface area contributed by atoms with Gasteiger partial charge < -0.3 is 19.6 Å². The van der Waals surface area contributed by atoms with Crippen LogP contribution in [-0.2, 0) is 35.3 Å². The first-order valence-corrected chi connectivity index (χ1v) is 14.8. The van der Waals surface area contributed by atoms with E-state index in [2.05, 4.69) is 11.9 Å². The van der Waals surface area contributed by atoms with E-state index in [0.29, 0.717) is 38.6 Å². The number of hydrogen-bond donors (Lipinski definition) is 2. The van der Waals surface area contributed by atoms with Gasteiger partial charge in [-0.1, -0.05) is 62.6 Å². The topological polar surface area (TPSA) is 123 Å². The number of amides is 1. The van der Waals surface area contributed by atoms with Gasteiger partial charge in [0.15, 0.2) is 0 Å². The summed E-state index contributed by atoms with van der Waals surface area (Å²) in [5.74, 6) is -1.12. The van der Waals surface area contributed by atoms with Gasteiger partial charge in [0.2, 0.25) is 5.91 Å². The fourth-order valence-electron chi connectivity index (χ4n) is 5.48. The molecule has 1 aliphatic rings. The highest BCUT2D eigenvalue weighted by molar-refractivity contribution is 6.35. The van der Waals surface area contributed by atoms with Crippen LogP contribution in [0.2, 0.25) is 0 Å². The van der Waals surface area contributed by atoms with Crippen LogP contribution in [0.3, 0.4) is 0 Å². The summed E-state index contributed by atoms with van der Waals surface area (Å²) in [6, 6.07) is 9.27. The predicted octanol–water partition coefficient (Wildman–Crippen LogP) is 6.12. The lowest BCUT2D eigenvalue weighted by atomic mass is 9.70. The number of aldehydes is 1. The minimum atomic E-state index is -0.906. The maximum Gasteiger partial charge on any atom is 0.352 e. The summed E-state index contributed by atoms with van der Waals surface area (Å²) in [7, 11) is 0. The molecule has 1 amide bonds. The van der Waals surface area contributed by atoms with Crippen molar-refractivity contribution in [2.75, 3.05) is 6.54 Å². The van der Waals surface area contributed by atoms with Crippen molar-refractivity contribution in [2.24, 2.45) is 17.3 Å². The summed E-state index contributed by atoms with van der Waals surface area (Å²) in [5.41, 5.74) is -0.834. The van der Waals surface area contributed by atoms with Gasteiger partial charge in [-0.25, -0.2) is 4.79 Å². The van der Waals surface area contributed by atoms with E-state index in [-0.39, 0.29) is 42.5 Å². The average Bonchev–Trinajstić information content (AvgIpc) is 2.92. The molecule has 0 aliphatic heterocycles. The average molecular weight is 569 g/mol. The van der Waals surface area contributed by atoms with Crippen molar-refractivity contribution in [3.63, 3.8) is 0 Å². The molecular weight excluding hydrogens is 520 g/mol. The van der Waals surface area contributed by atoms with E-state index in [1.54, 1.807) is 0 Å². The van der Waals surface area contributed by atoms with E-state index in [0.717, 1.165) is 44.0 Å². The highest BCUT2D eigenvalue weighted by Gasteiger charge is 2.37. The molecule has 3 atom stereocenters. The zero-order valence-electron chi connectivity index (χ0n) is 25.0. The summed E-state index contributed by atoms with van der Waals surface area (Å²) in [6.07, 6.45) is 9.52. The lowest BCUT2D eigenvalue weighted by Crippen LogP contribution is -2.33. The molecule has 1 aromatic carbocycles. The van der Waals surface area contributed by atoms with Crippen LogP contribution in [0.15, 0.2) is 43.0 Å². The number of esters is 2. The summed E-state index contributed by atoms with van der Waals surface area (Å²) < 4.78 is 11.0. The Kier molecular flexibility index (Phi) is 13.9. The van der Waals surface area contributed by atoms with Gasteiger partial charge in [-0.3, -0.25) is 15.0 Å². The van der Waals surface area contributed by atoms with Crippen molar-refractivity contribution in [2.45, 2.75) is 104 Å². The first-order chi connectivity index (χ1) is 19.5. The van der Waals surface area contributed by atoms with Gasteiger partial charge in [0, 0.05) is 18.4 Å². The number of benzene rings is 1. The van der Waals surface area contributed by atoms with Gasteiger partial charge in [0.05, 0.1) is 5.92 Å². The Morgan fingerprint density at radius 2 is 1.76 bits per heavy atom. The van der Waals surface area contributed by atoms with E-state index < -0.39 is 17.0 Å². The molecule has 1 saturated carbocycles. The van der Waals surface area contributed by atoms with Crippen molar-refractivity contribution in [1.82, 2.24) is 5.32 Å². The largest absolute Gasteiger partial charge is 0.460 e. The number of unbranched alkanes of at least 4 members (excludes halogenated alkanes) is 1. The monoisotopic (exact) mass is 568 g/mol. The zero-order valence-corrected chi connectivity index (χ0v) is 25.0. The Morgan fingerprint density at radius 3 is 2.41 bits per heavy atom. The molecular formula is C33H48N2O6. The summed E-state index contributed by atoms with van der Waals surface area (Å²) in [5, 5.41) is 11.3. The van der Waals surface area contributed by atoms with Crippen molar-refractivity contribution in [3.8, 4) is 0 Å². The van der Waals surface area contributed by atoms with Gasteiger partial charge in [-0.2, -0.15) is 0 Å². The van der Waals surface area contributed by atoms with Crippen molar-refractivity contribution in [1.29, 1.82) is 5.41 Å². The molecule has 0 bridgehead atoms. The number of carbonyl (C=O) groups is 4. The lowest BCUT2D eigenvalue weighted by molar-refractivity contribution is -0.161. The van der Waals surface area contributed by atoms with E-state index in [9.17, 15) is 19.2 Å². The highest BCUT2D eigenvalue weighted by Crippen LogP contribution is 2.40. The summed E-state index contributed by atoms with van der Waals surface area (Å²) in [4.78, 5) is 49.8. The number of carbonyl (C=O) groups excluding carboxylic acids is 4. The molecule has 2 N–H and O–H groups in total. The Hall–Kier alpha value is -3.29. The molecule has 3 unspecified atom stereocenters. The minimum absolute atomic E-state index is 0.00483. The molecule has 0 spiro atoms. The molecule has 41 heavy (non-hydrogen) atoms. The third-order valence-electron chi connectivity index (χ3n) is 7.60. The molecule has 226 valence electrons. The van der Waals surface area contributed by atoms with Crippen molar-refractivity contribution < 1.29 is 28.7 Å². The molecule has 2 rings (SSSR count). The molecule has 1 fully saturated rings. The minimum Gasteiger partial charge on any atom is -0.460 e. The van der Waals surface area contributed by atoms with E-state index in [1.165, 1.54) is 6.08 Å². The summed E-state index contributed by atoms with van der Waals surface area (Å²) in [6.45, 7) is 9.59. The van der Waals surface area contributed by atoms with Gasteiger partial charge in [-0.15, -0.1) is 0 Å². The molecule has 8 nitrogen and oxygen atoms in total. The van der Waals surface area contributed by atoms with E-state index in [1.807, 2.05) is 51.1 Å². The fraction of sp³-hybridized carbons (Fsp3) is 0.606. The molecule has 0 heterocycles. The van der Waals surface area contributed by atoms with Crippen LogP contribution in [0, 0.1) is 22.7 Å². The van der Waals surface area contributed by atoms with Crippen LogP contribution in [0.4, 0.5) is 0 Å². The molecule has 0 saturated heterocycles. The quantitative estimate of drug-likeness (QED) is 0.0865. The Morgan fingerprint density at radius 1 is 1.05 bits per heavy atom. The van der Waals surface area contributed by atoms with Crippen LogP contribution in [0.5, 0.6) is 0 Å². The van der Waals surface area contributed by atoms with Crippen molar-refractivity contribution in [3.05, 3.63) is 48.6 Å². The molecule has 0 aromatic heterocycles. The first kappa shape index (κ1) is 33.9. The van der Waals surface area contributed by atoms with Crippen LogP contribution in [-0.4, -0.2) is 42.0 Å². The third-order valence-corrected chi connectivity index (χ3v) is 7.60. The second-order valence-electron chi connectivity index (χ2n) is 12.3. The number of nitrogens with one attached hydrogen (secondary N) is 2. The lowest BCUT2D eigenvalue weighted by Gasteiger charge is -2.34. The van der Waals surface area contributed by atoms with Crippen LogP contribution in [0.1, 0.15) is 97.0 Å². The second-order valence-corrected chi connectivity index (χ2v) is 12.3. The maximum atomic E-state index is 12.8. The highest BCUT2D eigenvalue weighted by atomic mass is 16.6. The third kappa shape index (κ3) is 12.8. The SMILES string of the molecule is C=CC(=O)NCCCCC(C=O)(CC(=N)C(=O)OCc1ccccc1)CC1CCCCC(C(=O)OC(C)(C)C)CC1. The molecule has 8 heteroatoms. The normalized spacial score (nSPS) is 19.0. The molecule has 1 aromatic rings. The molecule has 0 radical (unpaired) electrons. The van der Waals surface area contributed by atoms with E-state index in [4.69, 9.17) is 14.9 Å². The zero-order chi connectivity index (χ0) is 30.3. The van der Waals surface area contributed by atoms with Crippen LogP contribution in [0.25, 0.3) is 0 Å². The molecule has 1 aliphatic carbocycles. The van der Waals surface area contributed by atoms with Crippen LogP contribution < -0.4 is 5.32 Å². The standard InChI is InChI=1S/C33H48N2O6/c1-5-29(37)35-20-12-11-19-33(24-36,22-28(34)31(39)40-23-26-14-7-6-8-15-26)21-25-13-9-10-16-27(18-17-25)30(38)41-32(2,3)4/h5-8,14-15,24-25,27,34H,1,9-13,16-23H2,2-4H3,(H,35,37). The number of hydrogen-bond acceptors (Lipinski definition) is 7. The van der Waals surface area contributed by atoms with Gasteiger partial charge in [0.1, 0.15) is 24.2 Å². The number of ether oxygens (including phenoxy) is 2. The smallest absolute Gasteiger partial charge is 0.352 e. The van der Waals surface area contributed by atoms with Crippen molar-refractivity contribution >= 4 is 29.8 Å². The predicted molar refractivity (Wildman–Crippen MR) is 159 cm³/mol. The summed E-state index contributed by atoms with van der Waals surface area (Å²) >= 11 is 0. The first-order valence-electron chi connectivity index (χ1n) is 14.8. The Bertz CT molecular complexity index is 1030. The van der Waals surface area contributed by atoms with Crippen LogP contribution >= 0.6 is 0 Å². The second kappa shape index (κ2) is 16.8. The number of rotatable bonds is 15. The maximum absolute atomic E-state index is 12.8. The Balaban J connectivity index is 2.10. The van der Waals surface area contributed by atoms with Gasteiger partial charge >= 0.3 is 11.9 Å². The van der Waals surface area contributed by atoms with E-state index >= 15 is 0 Å². The fourth-order valence-corrected chi connectivity index (χ4v) is 5.48. The van der Waals surface area contributed by atoms with Gasteiger partial charge in [0.25, 0.3) is 0 Å². The Labute approximate surface area is 245 Å². The van der Waals surface area contributed by atoms with Gasteiger partial charge in [-0.05, 0) is 76.9 Å².